The predicted octanol–water partition coefficient (Wildman–Crippen LogP) is 6.25. The molecule has 3 rings (SSSR count). The summed E-state index contributed by atoms with van der Waals surface area (Å²) in [6.07, 6.45) is 4.28. The number of methoxy groups -OCH3 is 1. The Balaban J connectivity index is 1.72. The van der Waals surface area contributed by atoms with Crippen molar-refractivity contribution in [3.05, 3.63) is 53.3 Å². The molecular formula is C24H29F3O3. The van der Waals surface area contributed by atoms with Crippen molar-refractivity contribution in [3.63, 3.8) is 0 Å². The molecule has 0 N–H and O–H groups in total. The van der Waals surface area contributed by atoms with Crippen LogP contribution in [0, 0.1) is 17.5 Å². The van der Waals surface area contributed by atoms with Crippen LogP contribution in [0.2, 0.25) is 0 Å². The van der Waals surface area contributed by atoms with Crippen LogP contribution in [0.4, 0.5) is 13.2 Å². The van der Waals surface area contributed by atoms with Gasteiger partial charge in [0.25, 0.3) is 0 Å². The average molecular weight is 422 g/mol. The van der Waals surface area contributed by atoms with E-state index in [0.29, 0.717) is 30.9 Å². The molecule has 0 aromatic heterocycles. The van der Waals surface area contributed by atoms with Gasteiger partial charge in [-0.15, -0.1) is 0 Å². The van der Waals surface area contributed by atoms with Crippen LogP contribution in [0.3, 0.4) is 0 Å². The van der Waals surface area contributed by atoms with E-state index < -0.39 is 17.5 Å². The van der Waals surface area contributed by atoms with Gasteiger partial charge in [0.1, 0.15) is 5.82 Å². The van der Waals surface area contributed by atoms with Crippen molar-refractivity contribution >= 4 is 0 Å². The molecular weight excluding hydrogens is 393 g/mol. The first kappa shape index (κ1) is 22.6. The van der Waals surface area contributed by atoms with Crippen LogP contribution in [0.1, 0.15) is 50.5 Å². The molecule has 6 heteroatoms. The Morgan fingerprint density at radius 1 is 1.03 bits per heavy atom. The molecule has 0 aliphatic carbocycles. The van der Waals surface area contributed by atoms with Gasteiger partial charge in [0.05, 0.1) is 19.3 Å². The van der Waals surface area contributed by atoms with E-state index in [2.05, 4.69) is 0 Å². The fourth-order valence-corrected chi connectivity index (χ4v) is 3.75. The topological polar surface area (TPSA) is 27.7 Å². The molecule has 1 aliphatic rings. The number of hydrogen-bond donors (Lipinski definition) is 0. The first-order chi connectivity index (χ1) is 14.5. The van der Waals surface area contributed by atoms with Crippen molar-refractivity contribution in [2.24, 2.45) is 0 Å². The molecule has 3 nitrogen and oxygen atoms in total. The first-order valence-electron chi connectivity index (χ1n) is 10.6. The molecule has 0 radical (unpaired) electrons. The maximum Gasteiger partial charge on any atom is 0.201 e. The van der Waals surface area contributed by atoms with Gasteiger partial charge in [-0.2, -0.15) is 4.39 Å². The molecule has 0 bridgehead atoms. The highest BCUT2D eigenvalue weighted by Gasteiger charge is 2.25. The van der Waals surface area contributed by atoms with E-state index in [1.165, 1.54) is 18.2 Å². The fraction of sp³-hybridized carbons (Fsp3) is 0.500. The van der Waals surface area contributed by atoms with Gasteiger partial charge in [0.15, 0.2) is 11.6 Å². The minimum Gasteiger partial charge on any atom is -0.490 e. The average Bonchev–Trinajstić information content (AvgIpc) is 2.76. The summed E-state index contributed by atoms with van der Waals surface area (Å²) in [7, 11) is 1.66. The Morgan fingerprint density at radius 3 is 2.53 bits per heavy atom. The predicted molar refractivity (Wildman–Crippen MR) is 110 cm³/mol. The zero-order valence-electron chi connectivity index (χ0n) is 17.6. The number of unbranched alkanes of at least 4 members (excludes halogenated alkanes) is 1. The smallest absolute Gasteiger partial charge is 0.201 e. The second-order valence-corrected chi connectivity index (χ2v) is 7.69. The zero-order chi connectivity index (χ0) is 21.5. The quantitative estimate of drug-likeness (QED) is 0.447. The van der Waals surface area contributed by atoms with Gasteiger partial charge in [-0.3, -0.25) is 0 Å². The molecule has 0 amide bonds. The Hall–Kier alpha value is -2.05. The molecule has 2 atom stereocenters. The second kappa shape index (κ2) is 10.8. The largest absolute Gasteiger partial charge is 0.490 e. The molecule has 2 aromatic rings. The summed E-state index contributed by atoms with van der Waals surface area (Å²) in [6, 6.07) is 7.37. The van der Waals surface area contributed by atoms with Crippen molar-refractivity contribution < 1.29 is 27.4 Å². The van der Waals surface area contributed by atoms with Gasteiger partial charge in [0, 0.05) is 25.2 Å². The summed E-state index contributed by atoms with van der Waals surface area (Å²) in [5.74, 6) is -2.67. The summed E-state index contributed by atoms with van der Waals surface area (Å²) < 4.78 is 60.0. The molecule has 2 unspecified atom stereocenters. The maximum absolute atomic E-state index is 14.8. The van der Waals surface area contributed by atoms with Crippen molar-refractivity contribution in [3.8, 4) is 16.9 Å². The lowest BCUT2D eigenvalue weighted by molar-refractivity contribution is -0.0133. The second-order valence-electron chi connectivity index (χ2n) is 7.69. The summed E-state index contributed by atoms with van der Waals surface area (Å²) in [4.78, 5) is 0. The number of rotatable bonds is 9. The van der Waals surface area contributed by atoms with Gasteiger partial charge < -0.3 is 14.2 Å². The lowest BCUT2D eigenvalue weighted by atomic mass is 9.89. The van der Waals surface area contributed by atoms with Crippen LogP contribution in [-0.2, 0) is 9.47 Å². The van der Waals surface area contributed by atoms with E-state index in [1.807, 2.05) is 6.92 Å². The van der Waals surface area contributed by atoms with E-state index >= 15 is 0 Å². The SMILES string of the molecule is CCCCOc1ccc(-c2ccc(C3CCC(CCOC)OC3)c(F)c2)c(F)c1F. The molecule has 0 saturated carbocycles. The lowest BCUT2D eigenvalue weighted by Crippen LogP contribution is -2.26. The van der Waals surface area contributed by atoms with E-state index in [4.69, 9.17) is 14.2 Å². The van der Waals surface area contributed by atoms with Crippen LogP contribution in [0.25, 0.3) is 11.1 Å². The molecule has 1 fully saturated rings. The molecule has 0 spiro atoms. The standard InChI is InChI=1S/C24H29F3O3/c1-3-4-12-29-22-10-9-20(23(26)24(22)27)16-6-8-19(21(25)14-16)17-5-7-18(30-15-17)11-13-28-2/h6,8-10,14,17-18H,3-5,7,11-13,15H2,1-2H3. The van der Waals surface area contributed by atoms with Gasteiger partial charge in [0.2, 0.25) is 5.82 Å². The molecule has 1 heterocycles. The summed E-state index contributed by atoms with van der Waals surface area (Å²) in [6.45, 7) is 3.40. The molecule has 1 saturated heterocycles. The molecule has 164 valence electrons. The van der Waals surface area contributed by atoms with Gasteiger partial charge in [-0.1, -0.05) is 25.5 Å². The zero-order valence-corrected chi connectivity index (χ0v) is 17.6. The fourth-order valence-electron chi connectivity index (χ4n) is 3.75. The minimum absolute atomic E-state index is 0.0142. The highest BCUT2D eigenvalue weighted by atomic mass is 19.2. The van der Waals surface area contributed by atoms with E-state index in [0.717, 1.165) is 32.1 Å². The third-order valence-electron chi connectivity index (χ3n) is 5.57. The van der Waals surface area contributed by atoms with Gasteiger partial charge >= 0.3 is 0 Å². The molecule has 30 heavy (non-hydrogen) atoms. The minimum atomic E-state index is -1.05. The summed E-state index contributed by atoms with van der Waals surface area (Å²) in [5, 5.41) is 0. The van der Waals surface area contributed by atoms with Crippen molar-refractivity contribution in [1.82, 2.24) is 0 Å². The van der Waals surface area contributed by atoms with Crippen molar-refractivity contribution in [2.75, 3.05) is 26.9 Å². The Kier molecular flexibility index (Phi) is 8.16. The van der Waals surface area contributed by atoms with Crippen LogP contribution in [-0.4, -0.2) is 33.0 Å². The highest BCUT2D eigenvalue weighted by Crippen LogP contribution is 2.35. The number of ether oxygens (including phenoxy) is 3. The summed E-state index contributed by atoms with van der Waals surface area (Å²) >= 11 is 0. The summed E-state index contributed by atoms with van der Waals surface area (Å²) in [5.41, 5.74) is 0.854. The van der Waals surface area contributed by atoms with Crippen LogP contribution < -0.4 is 4.74 Å². The Bertz CT molecular complexity index is 833. The lowest BCUT2D eigenvalue weighted by Gasteiger charge is -2.29. The van der Waals surface area contributed by atoms with Gasteiger partial charge in [-0.25, -0.2) is 8.78 Å². The third kappa shape index (κ3) is 5.35. The Labute approximate surface area is 176 Å². The monoisotopic (exact) mass is 422 g/mol. The van der Waals surface area contributed by atoms with Crippen LogP contribution >= 0.6 is 0 Å². The third-order valence-corrected chi connectivity index (χ3v) is 5.57. The van der Waals surface area contributed by atoms with Crippen LogP contribution in [0.15, 0.2) is 30.3 Å². The Morgan fingerprint density at radius 2 is 1.87 bits per heavy atom. The number of hydrogen-bond acceptors (Lipinski definition) is 3. The van der Waals surface area contributed by atoms with E-state index in [-0.39, 0.29) is 23.3 Å². The van der Waals surface area contributed by atoms with E-state index in [9.17, 15) is 13.2 Å². The first-order valence-corrected chi connectivity index (χ1v) is 10.6. The molecule has 2 aromatic carbocycles. The van der Waals surface area contributed by atoms with Crippen LogP contribution in [0.5, 0.6) is 5.75 Å². The number of benzene rings is 2. The maximum atomic E-state index is 14.8. The van der Waals surface area contributed by atoms with E-state index in [1.54, 1.807) is 19.2 Å². The number of halogens is 3. The molecule has 1 aliphatic heterocycles. The van der Waals surface area contributed by atoms with Crippen molar-refractivity contribution in [1.29, 1.82) is 0 Å². The highest BCUT2D eigenvalue weighted by molar-refractivity contribution is 5.66. The van der Waals surface area contributed by atoms with Gasteiger partial charge in [-0.05, 0) is 55.0 Å². The normalized spacial score (nSPS) is 19.1. The van der Waals surface area contributed by atoms with Crippen molar-refractivity contribution in [2.45, 2.75) is 51.0 Å².